The second kappa shape index (κ2) is 7.54. The highest BCUT2D eigenvalue weighted by molar-refractivity contribution is 5.27. The van der Waals surface area contributed by atoms with Crippen molar-refractivity contribution < 1.29 is 13.2 Å². The van der Waals surface area contributed by atoms with Gasteiger partial charge in [0.25, 0.3) is 0 Å². The third kappa shape index (κ3) is 4.13. The summed E-state index contributed by atoms with van der Waals surface area (Å²) in [5.41, 5.74) is 1.70. The monoisotopic (exact) mass is 376 g/mol. The Morgan fingerprint density at radius 1 is 1.11 bits per heavy atom. The molecule has 0 atom stereocenters. The van der Waals surface area contributed by atoms with Gasteiger partial charge in [0.1, 0.15) is 5.82 Å². The lowest BCUT2D eigenvalue weighted by molar-refractivity contribution is -0.138. The molecule has 4 rings (SSSR count). The molecule has 0 radical (unpaired) electrons. The number of aromatic nitrogens is 3. The Hall–Kier alpha value is -2.02. The number of nitrogens with zero attached hydrogens (tertiary/aromatic N) is 4. The molecule has 27 heavy (non-hydrogen) atoms. The second-order valence-electron chi connectivity index (χ2n) is 7.53. The van der Waals surface area contributed by atoms with Crippen LogP contribution in [0.5, 0.6) is 0 Å². The predicted octanol–water partition coefficient (Wildman–Crippen LogP) is 4.50. The van der Waals surface area contributed by atoms with Crippen molar-refractivity contribution in [3.8, 4) is 0 Å². The topological polar surface area (TPSA) is 41.9 Å². The molecule has 0 saturated heterocycles. The van der Waals surface area contributed by atoms with Gasteiger partial charge in [0.15, 0.2) is 0 Å². The Bertz CT molecular complexity index is 800. The maximum atomic E-state index is 13.2. The van der Waals surface area contributed by atoms with Gasteiger partial charge in [-0.3, -0.25) is 9.88 Å². The van der Waals surface area contributed by atoms with Crippen LogP contribution in [0.25, 0.3) is 0 Å². The molecule has 1 fully saturated rings. The molecule has 2 aromatic heterocycles. The van der Waals surface area contributed by atoms with Crippen LogP contribution in [0.4, 0.5) is 13.2 Å². The number of hydrogen-bond acceptors (Lipinski definition) is 4. The molecule has 7 heteroatoms. The molecule has 0 unspecified atom stereocenters. The van der Waals surface area contributed by atoms with Crippen molar-refractivity contribution in [1.82, 2.24) is 19.9 Å². The summed E-state index contributed by atoms with van der Waals surface area (Å²) in [5.74, 6) is 1.42. The molecular formula is C20H23F3N4. The Kier molecular flexibility index (Phi) is 5.12. The van der Waals surface area contributed by atoms with Crippen LogP contribution in [-0.2, 0) is 25.7 Å². The zero-order valence-corrected chi connectivity index (χ0v) is 15.2. The van der Waals surface area contributed by atoms with Crippen LogP contribution >= 0.6 is 0 Å². The molecule has 1 aliphatic carbocycles. The first kappa shape index (κ1) is 18.3. The highest BCUT2D eigenvalue weighted by Gasteiger charge is 2.34. The fourth-order valence-electron chi connectivity index (χ4n) is 4.15. The number of hydrogen-bond donors (Lipinski definition) is 0. The summed E-state index contributed by atoms with van der Waals surface area (Å²) in [4.78, 5) is 15.3. The molecule has 3 heterocycles. The molecule has 0 spiro atoms. The number of halogens is 3. The van der Waals surface area contributed by atoms with Crippen molar-refractivity contribution in [2.24, 2.45) is 0 Å². The Labute approximate surface area is 156 Å². The summed E-state index contributed by atoms with van der Waals surface area (Å²) >= 11 is 0. The summed E-state index contributed by atoms with van der Waals surface area (Å²) in [6.07, 6.45) is 6.88. The standard InChI is InChI=1S/C20H23F3N4/c21-20(22,23)17-6-8-24-10-15(17)12-27-9-7-18-16(13-27)11-25-19(26-18)14-4-2-1-3-5-14/h6,8,10-11,14H,1-5,7,9,12-13H2. The van der Waals surface area contributed by atoms with E-state index in [0.717, 1.165) is 42.4 Å². The average Bonchev–Trinajstić information content (AvgIpc) is 2.68. The van der Waals surface area contributed by atoms with E-state index in [2.05, 4.69) is 9.97 Å². The van der Waals surface area contributed by atoms with Gasteiger partial charge in [-0.2, -0.15) is 13.2 Å². The summed E-state index contributed by atoms with van der Waals surface area (Å²) in [5, 5.41) is 0. The van der Waals surface area contributed by atoms with E-state index in [9.17, 15) is 13.2 Å². The summed E-state index contributed by atoms with van der Waals surface area (Å²) < 4.78 is 39.6. The van der Waals surface area contributed by atoms with Crippen molar-refractivity contribution in [3.63, 3.8) is 0 Å². The highest BCUT2D eigenvalue weighted by Crippen LogP contribution is 2.33. The first-order valence-electron chi connectivity index (χ1n) is 9.58. The van der Waals surface area contributed by atoms with Gasteiger partial charge in [0, 0.05) is 61.8 Å². The van der Waals surface area contributed by atoms with E-state index < -0.39 is 11.7 Å². The Morgan fingerprint density at radius 2 is 1.93 bits per heavy atom. The van der Waals surface area contributed by atoms with E-state index in [1.807, 2.05) is 11.1 Å². The van der Waals surface area contributed by atoms with Crippen LogP contribution in [0.2, 0.25) is 0 Å². The minimum atomic E-state index is -4.36. The fourth-order valence-corrected chi connectivity index (χ4v) is 4.15. The molecule has 2 aromatic rings. The molecule has 4 nitrogen and oxygen atoms in total. The van der Waals surface area contributed by atoms with Gasteiger partial charge in [0.2, 0.25) is 0 Å². The SMILES string of the molecule is FC(F)(F)c1ccncc1CN1CCc2nc(C3CCCCC3)ncc2C1. The van der Waals surface area contributed by atoms with Gasteiger partial charge < -0.3 is 0 Å². The molecule has 0 aromatic carbocycles. The highest BCUT2D eigenvalue weighted by atomic mass is 19.4. The number of alkyl halides is 3. The van der Waals surface area contributed by atoms with Crippen molar-refractivity contribution in [2.45, 2.75) is 63.7 Å². The van der Waals surface area contributed by atoms with E-state index in [4.69, 9.17) is 4.98 Å². The summed E-state index contributed by atoms with van der Waals surface area (Å²) in [7, 11) is 0. The van der Waals surface area contributed by atoms with Gasteiger partial charge >= 0.3 is 6.18 Å². The smallest absolute Gasteiger partial charge is 0.294 e. The van der Waals surface area contributed by atoms with Gasteiger partial charge in [-0.1, -0.05) is 19.3 Å². The number of pyridine rings is 1. The van der Waals surface area contributed by atoms with Gasteiger partial charge in [0.05, 0.1) is 5.56 Å². The second-order valence-corrected chi connectivity index (χ2v) is 7.53. The largest absolute Gasteiger partial charge is 0.416 e. The summed E-state index contributed by atoms with van der Waals surface area (Å²) in [6.45, 7) is 1.50. The van der Waals surface area contributed by atoms with Crippen LogP contribution in [0.15, 0.2) is 24.7 Å². The van der Waals surface area contributed by atoms with Crippen molar-refractivity contribution >= 4 is 0 Å². The maximum Gasteiger partial charge on any atom is 0.416 e. The first-order chi connectivity index (χ1) is 13.0. The molecule has 0 N–H and O–H groups in total. The molecule has 1 saturated carbocycles. The van der Waals surface area contributed by atoms with Crippen molar-refractivity contribution in [3.05, 3.63) is 52.9 Å². The average molecular weight is 376 g/mol. The normalized spacial score (nSPS) is 19.1. The number of rotatable bonds is 3. The Morgan fingerprint density at radius 3 is 2.70 bits per heavy atom. The van der Waals surface area contributed by atoms with Crippen molar-refractivity contribution in [2.75, 3.05) is 6.54 Å². The van der Waals surface area contributed by atoms with E-state index >= 15 is 0 Å². The van der Waals surface area contributed by atoms with Crippen molar-refractivity contribution in [1.29, 1.82) is 0 Å². The van der Waals surface area contributed by atoms with E-state index in [1.54, 1.807) is 0 Å². The lowest BCUT2D eigenvalue weighted by Crippen LogP contribution is -2.32. The quantitative estimate of drug-likeness (QED) is 0.791. The minimum absolute atomic E-state index is 0.216. The fraction of sp³-hybridized carbons (Fsp3) is 0.550. The first-order valence-corrected chi connectivity index (χ1v) is 9.58. The lowest BCUT2D eigenvalue weighted by atomic mass is 9.88. The van der Waals surface area contributed by atoms with E-state index in [-0.39, 0.29) is 12.1 Å². The third-order valence-electron chi connectivity index (χ3n) is 5.60. The lowest BCUT2D eigenvalue weighted by Gasteiger charge is -2.29. The minimum Gasteiger partial charge on any atom is -0.294 e. The van der Waals surface area contributed by atoms with Crippen LogP contribution in [-0.4, -0.2) is 26.4 Å². The zero-order chi connectivity index (χ0) is 18.9. The van der Waals surface area contributed by atoms with Crippen LogP contribution < -0.4 is 0 Å². The Balaban J connectivity index is 1.48. The van der Waals surface area contributed by atoms with Crippen LogP contribution in [0.3, 0.4) is 0 Å². The molecule has 1 aliphatic heterocycles. The molecule has 144 valence electrons. The summed E-state index contributed by atoms with van der Waals surface area (Å²) in [6, 6.07) is 1.05. The maximum absolute atomic E-state index is 13.2. The molecular weight excluding hydrogens is 353 g/mol. The van der Waals surface area contributed by atoms with E-state index in [0.29, 0.717) is 19.0 Å². The van der Waals surface area contributed by atoms with Gasteiger partial charge in [-0.25, -0.2) is 9.97 Å². The molecule has 2 aliphatic rings. The van der Waals surface area contributed by atoms with Gasteiger partial charge in [-0.15, -0.1) is 0 Å². The molecule has 0 bridgehead atoms. The van der Waals surface area contributed by atoms with Crippen LogP contribution in [0, 0.1) is 0 Å². The molecule has 0 amide bonds. The number of fused-ring (bicyclic) bond motifs is 1. The van der Waals surface area contributed by atoms with Crippen LogP contribution in [0.1, 0.15) is 66.2 Å². The third-order valence-corrected chi connectivity index (χ3v) is 5.60. The van der Waals surface area contributed by atoms with Gasteiger partial charge in [-0.05, 0) is 24.5 Å². The zero-order valence-electron chi connectivity index (χ0n) is 15.2. The predicted molar refractivity (Wildman–Crippen MR) is 94.9 cm³/mol. The van der Waals surface area contributed by atoms with E-state index in [1.165, 1.54) is 31.7 Å².